The molecular formula is C26H36F3N5O3. The molecule has 2 aliphatic rings. The van der Waals surface area contributed by atoms with Crippen LogP contribution in [0.4, 0.5) is 23.9 Å². The van der Waals surface area contributed by atoms with E-state index in [9.17, 15) is 23.1 Å². The molecule has 1 aliphatic heterocycles. The molecule has 4 rings (SSSR count). The molecule has 0 radical (unpaired) electrons. The quantitative estimate of drug-likeness (QED) is 0.536. The number of rotatable bonds is 5. The third kappa shape index (κ3) is 6.94. The van der Waals surface area contributed by atoms with Gasteiger partial charge in [-0.15, -0.1) is 5.10 Å². The molecule has 2 aromatic rings. The Bertz CT molecular complexity index is 1150. The van der Waals surface area contributed by atoms with E-state index >= 15 is 0 Å². The van der Waals surface area contributed by atoms with Crippen LogP contribution in [0, 0.1) is 0 Å². The average molecular weight is 524 g/mol. The second-order valence-electron chi connectivity index (χ2n) is 11.1. The molecule has 0 spiro atoms. The smallest absolute Gasteiger partial charge is 0.410 e. The van der Waals surface area contributed by atoms with E-state index < -0.39 is 24.2 Å². The highest BCUT2D eigenvalue weighted by molar-refractivity contribution is 5.81. The molecule has 1 aliphatic carbocycles. The summed E-state index contributed by atoms with van der Waals surface area (Å²) in [5.41, 5.74) is 3.19. The second-order valence-corrected chi connectivity index (χ2v) is 11.1. The number of nitrogens with one attached hydrogen (secondary N) is 1. The first-order chi connectivity index (χ1) is 17.3. The summed E-state index contributed by atoms with van der Waals surface area (Å²) in [6, 6.07) is 1.21. The lowest BCUT2D eigenvalue weighted by Crippen LogP contribution is -2.39. The minimum Gasteiger partial charge on any atom is -0.444 e. The number of hydrogen-bond donors (Lipinski definition) is 2. The summed E-state index contributed by atoms with van der Waals surface area (Å²) in [6.07, 6.45) is 1.34. The van der Waals surface area contributed by atoms with Crippen molar-refractivity contribution in [3.05, 3.63) is 29.6 Å². The van der Waals surface area contributed by atoms with Crippen LogP contribution in [0.1, 0.15) is 83.4 Å². The molecule has 1 saturated carbocycles. The maximum atomic E-state index is 12.8. The molecule has 0 saturated heterocycles. The minimum absolute atomic E-state index is 0.136. The Morgan fingerprint density at radius 1 is 1.24 bits per heavy atom. The lowest BCUT2D eigenvalue weighted by Gasteiger charge is -2.29. The summed E-state index contributed by atoms with van der Waals surface area (Å²) in [5, 5.41) is 17.4. The molecule has 8 nitrogen and oxygen atoms in total. The van der Waals surface area contributed by atoms with Gasteiger partial charge in [-0.2, -0.15) is 13.2 Å². The highest BCUT2D eigenvalue weighted by Crippen LogP contribution is 2.37. The molecule has 2 N–H and O–H groups in total. The first kappa shape index (κ1) is 27.2. The summed E-state index contributed by atoms with van der Waals surface area (Å²) in [4.78, 5) is 18.5. The summed E-state index contributed by atoms with van der Waals surface area (Å²) in [6.45, 7) is 7.89. The van der Waals surface area contributed by atoms with Crippen LogP contribution in [0.3, 0.4) is 0 Å². The van der Waals surface area contributed by atoms with Crippen molar-refractivity contribution in [3.63, 3.8) is 0 Å². The van der Waals surface area contributed by atoms with Crippen LogP contribution in [0.25, 0.3) is 11.1 Å². The predicted molar refractivity (Wildman–Crippen MR) is 134 cm³/mol. The van der Waals surface area contributed by atoms with Crippen molar-refractivity contribution in [2.45, 2.75) is 96.1 Å². The van der Waals surface area contributed by atoms with Gasteiger partial charge in [-0.05, 0) is 71.4 Å². The van der Waals surface area contributed by atoms with Gasteiger partial charge in [-0.1, -0.05) is 6.08 Å². The summed E-state index contributed by atoms with van der Waals surface area (Å²) < 4.78 is 45.7. The van der Waals surface area contributed by atoms with Crippen molar-refractivity contribution in [1.29, 1.82) is 0 Å². The van der Waals surface area contributed by atoms with E-state index in [4.69, 9.17) is 4.74 Å². The van der Waals surface area contributed by atoms with E-state index in [2.05, 4.69) is 21.5 Å². The van der Waals surface area contributed by atoms with Crippen molar-refractivity contribution >= 4 is 23.1 Å². The van der Waals surface area contributed by atoms with E-state index in [1.165, 1.54) is 6.92 Å². The molecule has 0 bridgehead atoms. The van der Waals surface area contributed by atoms with Gasteiger partial charge in [0.2, 0.25) is 5.95 Å². The van der Waals surface area contributed by atoms with Gasteiger partial charge in [0.05, 0.1) is 24.2 Å². The zero-order chi connectivity index (χ0) is 27.0. The van der Waals surface area contributed by atoms with E-state index in [0.717, 1.165) is 35.2 Å². The Labute approximate surface area is 214 Å². The average Bonchev–Trinajstić information content (AvgIpc) is 3.16. The van der Waals surface area contributed by atoms with Crippen molar-refractivity contribution in [1.82, 2.24) is 19.5 Å². The predicted octanol–water partition coefficient (Wildman–Crippen LogP) is 5.52. The Balaban J connectivity index is 1.62. The highest BCUT2D eigenvalue weighted by atomic mass is 19.4. The first-order valence-corrected chi connectivity index (χ1v) is 12.9. The molecule has 2 aromatic heterocycles. The van der Waals surface area contributed by atoms with Crippen molar-refractivity contribution in [3.8, 4) is 0 Å². The van der Waals surface area contributed by atoms with Crippen LogP contribution < -0.4 is 5.32 Å². The number of ether oxygens (including phenoxy) is 1. The fourth-order valence-electron chi connectivity index (χ4n) is 5.03. The minimum atomic E-state index is -4.29. The van der Waals surface area contributed by atoms with Crippen LogP contribution in [0.15, 0.2) is 18.3 Å². The van der Waals surface area contributed by atoms with Crippen molar-refractivity contribution in [2.75, 3.05) is 18.4 Å². The lowest BCUT2D eigenvalue weighted by atomic mass is 9.85. The third-order valence-corrected chi connectivity index (χ3v) is 6.78. The number of alkyl halides is 3. The van der Waals surface area contributed by atoms with Crippen LogP contribution >= 0.6 is 0 Å². The molecule has 1 fully saturated rings. The monoisotopic (exact) mass is 523 g/mol. The summed E-state index contributed by atoms with van der Waals surface area (Å²) >= 11 is 0. The SMILES string of the molecule is C[C@@H](CC(F)(F)F)Nc1ncc2c(C3=CCN(C(=O)OC(C)(C)C)CC3)cc(C3CCC(O)CC3)n2n1. The Kier molecular flexibility index (Phi) is 7.73. The summed E-state index contributed by atoms with van der Waals surface area (Å²) in [5.74, 6) is 0.305. The number of amides is 1. The van der Waals surface area contributed by atoms with Crippen LogP contribution in [0.5, 0.6) is 0 Å². The topological polar surface area (TPSA) is 92.0 Å². The number of aliphatic hydroxyl groups excluding tert-OH is 1. The normalized spacial score (nSPS) is 22.1. The number of carbonyl (C=O) groups excluding carboxylic acids is 1. The number of carbonyl (C=O) groups is 1. The maximum absolute atomic E-state index is 12.8. The number of fused-ring (bicyclic) bond motifs is 1. The zero-order valence-electron chi connectivity index (χ0n) is 21.8. The molecule has 11 heteroatoms. The van der Waals surface area contributed by atoms with E-state index in [-0.39, 0.29) is 24.1 Å². The largest absolute Gasteiger partial charge is 0.444 e. The molecule has 1 amide bonds. The van der Waals surface area contributed by atoms with Gasteiger partial charge in [0.25, 0.3) is 0 Å². The number of aliphatic hydroxyl groups is 1. The molecule has 3 heterocycles. The van der Waals surface area contributed by atoms with E-state index in [0.29, 0.717) is 32.4 Å². The lowest BCUT2D eigenvalue weighted by molar-refractivity contribution is -0.136. The van der Waals surface area contributed by atoms with Crippen molar-refractivity contribution in [2.24, 2.45) is 0 Å². The van der Waals surface area contributed by atoms with Gasteiger partial charge in [-0.25, -0.2) is 14.3 Å². The number of nitrogens with zero attached hydrogens (tertiary/aromatic N) is 4. The molecule has 0 unspecified atom stereocenters. The van der Waals surface area contributed by atoms with Crippen LogP contribution in [0.2, 0.25) is 0 Å². The van der Waals surface area contributed by atoms with Gasteiger partial charge >= 0.3 is 12.3 Å². The number of aromatic nitrogens is 3. The maximum Gasteiger partial charge on any atom is 0.410 e. The number of halogens is 3. The van der Waals surface area contributed by atoms with Gasteiger partial charge < -0.3 is 20.1 Å². The van der Waals surface area contributed by atoms with Gasteiger partial charge in [0, 0.05) is 36.3 Å². The fourth-order valence-corrected chi connectivity index (χ4v) is 5.03. The van der Waals surface area contributed by atoms with E-state index in [1.54, 1.807) is 15.6 Å². The second kappa shape index (κ2) is 10.5. The zero-order valence-corrected chi connectivity index (χ0v) is 21.8. The van der Waals surface area contributed by atoms with Gasteiger partial charge in [0.15, 0.2) is 0 Å². The Hall–Kier alpha value is -2.82. The molecule has 37 heavy (non-hydrogen) atoms. The molecule has 204 valence electrons. The van der Waals surface area contributed by atoms with Crippen LogP contribution in [-0.4, -0.2) is 67.7 Å². The highest BCUT2D eigenvalue weighted by Gasteiger charge is 2.31. The number of hydrogen-bond acceptors (Lipinski definition) is 6. The van der Waals surface area contributed by atoms with Gasteiger partial charge in [0.1, 0.15) is 5.60 Å². The standard InChI is InChI=1S/C26H36F3N5O3/c1-16(14-26(27,28)29)31-23-30-15-22-20(13-21(34(22)32-23)18-5-7-19(35)8-6-18)17-9-11-33(12-10-17)24(36)37-25(2,3)4/h9,13,15-16,18-19,35H,5-8,10-12,14H2,1-4H3,(H,31,32)/t16-,18?,19?/m0/s1. The first-order valence-electron chi connectivity index (χ1n) is 12.9. The van der Waals surface area contributed by atoms with Gasteiger partial charge in [-0.3, -0.25) is 0 Å². The Morgan fingerprint density at radius 2 is 1.95 bits per heavy atom. The third-order valence-electron chi connectivity index (χ3n) is 6.78. The molecule has 0 aromatic carbocycles. The summed E-state index contributed by atoms with van der Waals surface area (Å²) in [7, 11) is 0. The van der Waals surface area contributed by atoms with E-state index in [1.807, 2.05) is 26.8 Å². The van der Waals surface area contributed by atoms with Crippen molar-refractivity contribution < 1.29 is 27.8 Å². The number of anilines is 1. The molecule has 1 atom stereocenters. The van der Waals surface area contributed by atoms with Crippen LogP contribution in [-0.2, 0) is 4.74 Å². The fraction of sp³-hybridized carbons (Fsp3) is 0.654. The Morgan fingerprint density at radius 3 is 2.54 bits per heavy atom. The molecular weight excluding hydrogens is 487 g/mol.